The highest BCUT2D eigenvalue weighted by molar-refractivity contribution is 5.09. The van der Waals surface area contributed by atoms with Crippen molar-refractivity contribution in [1.82, 2.24) is 10.3 Å². The van der Waals surface area contributed by atoms with E-state index < -0.39 is 0 Å². The van der Waals surface area contributed by atoms with Crippen molar-refractivity contribution in [3.05, 3.63) is 30.1 Å². The van der Waals surface area contributed by atoms with Crippen molar-refractivity contribution in [2.24, 2.45) is 5.41 Å². The molecule has 1 rings (SSSR count). The van der Waals surface area contributed by atoms with Gasteiger partial charge < -0.3 is 10.4 Å². The van der Waals surface area contributed by atoms with Gasteiger partial charge in [0.15, 0.2) is 0 Å². The molecule has 0 aliphatic rings. The van der Waals surface area contributed by atoms with E-state index in [4.69, 9.17) is 5.11 Å². The van der Waals surface area contributed by atoms with E-state index >= 15 is 0 Å². The van der Waals surface area contributed by atoms with Crippen LogP contribution in [0.4, 0.5) is 0 Å². The van der Waals surface area contributed by atoms with E-state index in [9.17, 15) is 0 Å². The molecule has 1 aromatic rings. The highest BCUT2D eigenvalue weighted by atomic mass is 16.2. The molecule has 0 atom stereocenters. The molecular weight excluding hydrogens is 212 g/mol. The van der Waals surface area contributed by atoms with Crippen molar-refractivity contribution < 1.29 is 5.11 Å². The van der Waals surface area contributed by atoms with Crippen molar-refractivity contribution in [1.29, 1.82) is 0 Å². The molecule has 0 bridgehead atoms. The van der Waals surface area contributed by atoms with E-state index in [2.05, 4.69) is 36.3 Å². The third kappa shape index (κ3) is 6.39. The van der Waals surface area contributed by atoms with Gasteiger partial charge in [-0.1, -0.05) is 13.8 Å². The predicted octanol–water partition coefficient (Wildman–Crippen LogP) is 2.01. The van der Waals surface area contributed by atoms with E-state index in [0.717, 1.165) is 32.4 Å². The quantitative estimate of drug-likeness (QED) is 0.679. The largest absolute Gasteiger partial charge is 0.396 e. The summed E-state index contributed by atoms with van der Waals surface area (Å²) in [7, 11) is 0. The average Bonchev–Trinajstić information content (AvgIpc) is 2.34. The summed E-state index contributed by atoms with van der Waals surface area (Å²) in [5.74, 6) is 0. The van der Waals surface area contributed by atoms with Crippen LogP contribution in [0, 0.1) is 5.41 Å². The first-order valence-electron chi connectivity index (χ1n) is 6.34. The van der Waals surface area contributed by atoms with Crippen molar-refractivity contribution in [2.45, 2.75) is 33.1 Å². The SMILES string of the molecule is CC(C)(CCCO)CNCCc1ccncc1. The number of aliphatic hydroxyl groups is 1. The van der Waals surface area contributed by atoms with Crippen LogP contribution in [0.1, 0.15) is 32.3 Å². The van der Waals surface area contributed by atoms with Crippen LogP contribution in [0.2, 0.25) is 0 Å². The fourth-order valence-electron chi connectivity index (χ4n) is 1.85. The molecule has 0 spiro atoms. The minimum absolute atomic E-state index is 0.265. The van der Waals surface area contributed by atoms with Crippen LogP contribution in [0.5, 0.6) is 0 Å². The molecule has 0 aliphatic heterocycles. The lowest BCUT2D eigenvalue weighted by molar-refractivity contribution is 0.237. The van der Waals surface area contributed by atoms with E-state index in [1.165, 1.54) is 5.56 Å². The van der Waals surface area contributed by atoms with Gasteiger partial charge in [-0.2, -0.15) is 0 Å². The van der Waals surface area contributed by atoms with Crippen molar-refractivity contribution in [3.8, 4) is 0 Å². The predicted molar refractivity (Wildman–Crippen MR) is 70.9 cm³/mol. The molecule has 0 saturated heterocycles. The smallest absolute Gasteiger partial charge is 0.0431 e. The number of pyridine rings is 1. The van der Waals surface area contributed by atoms with Crippen molar-refractivity contribution in [3.63, 3.8) is 0 Å². The number of aliphatic hydroxyl groups excluding tert-OH is 1. The minimum atomic E-state index is 0.265. The Kier molecular flexibility index (Phi) is 6.16. The van der Waals surface area contributed by atoms with E-state index in [-0.39, 0.29) is 5.41 Å². The number of nitrogens with one attached hydrogen (secondary N) is 1. The van der Waals surface area contributed by atoms with Crippen LogP contribution in [0.25, 0.3) is 0 Å². The summed E-state index contributed by atoms with van der Waals surface area (Å²) in [6, 6.07) is 4.11. The van der Waals surface area contributed by atoms with Crippen molar-refractivity contribution >= 4 is 0 Å². The Bertz CT molecular complexity index is 298. The monoisotopic (exact) mass is 236 g/mol. The Labute approximate surface area is 104 Å². The molecule has 17 heavy (non-hydrogen) atoms. The highest BCUT2D eigenvalue weighted by Crippen LogP contribution is 2.20. The minimum Gasteiger partial charge on any atom is -0.396 e. The first-order chi connectivity index (χ1) is 8.14. The summed E-state index contributed by atoms with van der Waals surface area (Å²) < 4.78 is 0. The normalized spacial score (nSPS) is 11.7. The fraction of sp³-hybridized carbons (Fsp3) is 0.643. The summed E-state index contributed by atoms with van der Waals surface area (Å²) >= 11 is 0. The topological polar surface area (TPSA) is 45.1 Å². The molecule has 2 N–H and O–H groups in total. The van der Waals surface area contributed by atoms with Crippen molar-refractivity contribution in [2.75, 3.05) is 19.7 Å². The summed E-state index contributed by atoms with van der Waals surface area (Å²) in [5.41, 5.74) is 1.58. The summed E-state index contributed by atoms with van der Waals surface area (Å²) in [6.45, 7) is 6.76. The van der Waals surface area contributed by atoms with Gasteiger partial charge in [-0.3, -0.25) is 4.98 Å². The molecule has 1 heterocycles. The standard InChI is InChI=1S/C14H24N2O/c1-14(2,7-3-11-17)12-16-10-6-13-4-8-15-9-5-13/h4-5,8-9,16-17H,3,6-7,10-12H2,1-2H3. The average molecular weight is 236 g/mol. The highest BCUT2D eigenvalue weighted by Gasteiger charge is 2.16. The lowest BCUT2D eigenvalue weighted by atomic mass is 9.88. The second-order valence-corrected chi connectivity index (χ2v) is 5.27. The van der Waals surface area contributed by atoms with Gasteiger partial charge in [0.1, 0.15) is 0 Å². The summed E-state index contributed by atoms with van der Waals surface area (Å²) in [4.78, 5) is 4.00. The van der Waals surface area contributed by atoms with Gasteiger partial charge in [0.2, 0.25) is 0 Å². The Morgan fingerprint density at radius 2 is 2.00 bits per heavy atom. The van der Waals surface area contributed by atoms with E-state index in [1.54, 1.807) is 0 Å². The molecule has 0 saturated carbocycles. The second-order valence-electron chi connectivity index (χ2n) is 5.27. The second kappa shape index (κ2) is 7.41. The molecule has 0 fully saturated rings. The number of hydrogen-bond acceptors (Lipinski definition) is 3. The molecule has 1 aromatic heterocycles. The lowest BCUT2D eigenvalue weighted by Gasteiger charge is -2.24. The van der Waals surface area contributed by atoms with Gasteiger partial charge in [0, 0.05) is 25.5 Å². The third-order valence-electron chi connectivity index (χ3n) is 2.96. The maximum absolute atomic E-state index is 8.82. The maximum atomic E-state index is 8.82. The number of nitrogens with zero attached hydrogens (tertiary/aromatic N) is 1. The molecular formula is C14H24N2O. The molecule has 0 aliphatic carbocycles. The zero-order valence-corrected chi connectivity index (χ0v) is 10.9. The molecule has 0 unspecified atom stereocenters. The molecule has 3 nitrogen and oxygen atoms in total. The summed E-state index contributed by atoms with van der Waals surface area (Å²) in [6.07, 6.45) is 6.66. The van der Waals surface area contributed by atoms with Gasteiger partial charge in [0.25, 0.3) is 0 Å². The van der Waals surface area contributed by atoms with Gasteiger partial charge >= 0.3 is 0 Å². The number of rotatable bonds is 8. The zero-order chi connectivity index (χ0) is 12.6. The Morgan fingerprint density at radius 3 is 2.65 bits per heavy atom. The first-order valence-corrected chi connectivity index (χ1v) is 6.34. The van der Waals surface area contributed by atoms with Crippen LogP contribution in [-0.4, -0.2) is 29.8 Å². The molecule has 3 heteroatoms. The van der Waals surface area contributed by atoms with Gasteiger partial charge in [0.05, 0.1) is 0 Å². The Hall–Kier alpha value is -0.930. The van der Waals surface area contributed by atoms with Crippen LogP contribution < -0.4 is 5.32 Å². The van der Waals surface area contributed by atoms with Crippen LogP contribution >= 0.6 is 0 Å². The van der Waals surface area contributed by atoms with E-state index in [0.29, 0.717) is 6.61 Å². The van der Waals surface area contributed by atoms with Gasteiger partial charge in [-0.25, -0.2) is 0 Å². The maximum Gasteiger partial charge on any atom is 0.0431 e. The number of aromatic nitrogens is 1. The van der Waals surface area contributed by atoms with E-state index in [1.807, 2.05) is 12.4 Å². The molecule has 0 radical (unpaired) electrons. The van der Waals surface area contributed by atoms with Crippen LogP contribution in [0.15, 0.2) is 24.5 Å². The molecule has 0 amide bonds. The van der Waals surface area contributed by atoms with Crippen LogP contribution in [0.3, 0.4) is 0 Å². The molecule has 0 aromatic carbocycles. The molecule has 96 valence electrons. The number of hydrogen-bond donors (Lipinski definition) is 2. The first kappa shape index (κ1) is 14.1. The fourth-order valence-corrected chi connectivity index (χ4v) is 1.85. The summed E-state index contributed by atoms with van der Waals surface area (Å²) in [5, 5.41) is 12.3. The third-order valence-corrected chi connectivity index (χ3v) is 2.96. The van der Waals surface area contributed by atoms with Gasteiger partial charge in [-0.05, 0) is 48.9 Å². The Balaban J connectivity index is 2.15. The van der Waals surface area contributed by atoms with Gasteiger partial charge in [-0.15, -0.1) is 0 Å². The Morgan fingerprint density at radius 1 is 1.29 bits per heavy atom. The lowest BCUT2D eigenvalue weighted by Crippen LogP contribution is -2.31. The van der Waals surface area contributed by atoms with Crippen LogP contribution in [-0.2, 0) is 6.42 Å². The zero-order valence-electron chi connectivity index (χ0n) is 10.9.